The minimum Gasteiger partial charge on any atom is -0.0956 e. The van der Waals surface area contributed by atoms with Crippen molar-refractivity contribution in [1.82, 2.24) is 0 Å². The topological polar surface area (TPSA) is 0 Å². The van der Waals surface area contributed by atoms with Crippen LogP contribution in [-0.4, -0.2) is 32.9 Å². The Kier molecular flexibility index (Phi) is 10.0. The molecule has 0 aliphatic carbocycles. The average molecular weight is 391 g/mol. The van der Waals surface area contributed by atoms with Gasteiger partial charge in [-0.1, -0.05) is 98.9 Å². The Hall–Kier alpha value is 1.35. The monoisotopic (exact) mass is 390 g/mol. The third kappa shape index (κ3) is 9.00. The molecule has 0 aliphatic rings. The summed E-state index contributed by atoms with van der Waals surface area (Å²) in [7, 11) is 0.130. The van der Waals surface area contributed by atoms with Crippen molar-refractivity contribution in [2.24, 2.45) is 0 Å². The van der Waals surface area contributed by atoms with Gasteiger partial charge in [-0.05, 0) is 39.4 Å². The van der Waals surface area contributed by atoms with Crippen LogP contribution in [0, 0.1) is 0 Å². The summed E-state index contributed by atoms with van der Waals surface area (Å²) in [6.07, 6.45) is 4.29. The Morgan fingerprint density at radius 2 is 0.636 bits per heavy atom. The van der Waals surface area contributed by atoms with E-state index in [2.05, 4.69) is 83.1 Å². The van der Waals surface area contributed by atoms with Crippen LogP contribution < -0.4 is 0 Å². The summed E-state index contributed by atoms with van der Waals surface area (Å²) in [6.45, 7) is 29.3. The first-order valence-corrected chi connectivity index (χ1v) is 11.6. The minimum absolute atomic E-state index is 0. The van der Waals surface area contributed by atoms with E-state index in [1.54, 1.807) is 0 Å². The third-order valence-electron chi connectivity index (χ3n) is 4.00. The van der Waals surface area contributed by atoms with Gasteiger partial charge in [0.05, 0.1) is 0 Å². The Morgan fingerprint density at radius 1 is 0.455 bits per heavy atom. The van der Waals surface area contributed by atoms with Crippen LogP contribution in [0.5, 0.6) is 0 Å². The van der Waals surface area contributed by atoms with Gasteiger partial charge in [0.2, 0.25) is 0 Å². The molecule has 0 saturated heterocycles. The maximum atomic E-state index is 2.44. The predicted octanol–water partition coefficient (Wildman–Crippen LogP) is 7.53. The molecule has 0 heterocycles. The molecule has 138 valence electrons. The fourth-order valence-electron chi connectivity index (χ4n) is 3.74. The zero-order chi connectivity index (χ0) is 17.3. The summed E-state index contributed by atoms with van der Waals surface area (Å²) >= 11 is 0. The van der Waals surface area contributed by atoms with Crippen molar-refractivity contribution in [1.29, 1.82) is 0 Å². The Labute approximate surface area is 154 Å². The molecule has 0 unspecified atom stereocenters. The van der Waals surface area contributed by atoms with Crippen molar-refractivity contribution in [2.45, 2.75) is 110 Å². The van der Waals surface area contributed by atoms with Gasteiger partial charge < -0.3 is 0 Å². The van der Waals surface area contributed by atoms with Crippen molar-refractivity contribution in [2.75, 3.05) is 12.3 Å². The van der Waals surface area contributed by atoms with E-state index in [9.17, 15) is 0 Å². The van der Waals surface area contributed by atoms with Crippen molar-refractivity contribution >= 4 is 15.8 Å². The standard InChI is InChI=1S/C19H42P2.Ni/c1-16(2,3)20(17(4,5)6)14-13-15-21(18(7,8)9)19(10,11)12;/h13-15H2,1-12H3;. The molecular weight excluding hydrogens is 349 g/mol. The van der Waals surface area contributed by atoms with Gasteiger partial charge in [0.15, 0.2) is 0 Å². The third-order valence-corrected chi connectivity index (χ3v) is 12.0. The first kappa shape index (κ1) is 25.6. The largest absolute Gasteiger partial charge is 0.0956 e. The smallest absolute Gasteiger partial charge is 0 e. The molecular formula is C19H42NiP2. The Bertz CT molecular complexity index is 250. The molecule has 0 bridgehead atoms. The fourth-order valence-corrected chi connectivity index (χ4v) is 11.6. The predicted molar refractivity (Wildman–Crippen MR) is 107 cm³/mol. The van der Waals surface area contributed by atoms with E-state index in [1.807, 2.05) is 0 Å². The van der Waals surface area contributed by atoms with E-state index in [0.29, 0.717) is 20.6 Å². The van der Waals surface area contributed by atoms with Crippen LogP contribution in [0.25, 0.3) is 0 Å². The molecule has 0 fully saturated rings. The van der Waals surface area contributed by atoms with E-state index >= 15 is 0 Å². The van der Waals surface area contributed by atoms with Gasteiger partial charge >= 0.3 is 0 Å². The van der Waals surface area contributed by atoms with Crippen LogP contribution in [0.3, 0.4) is 0 Å². The summed E-state index contributed by atoms with van der Waals surface area (Å²) in [6, 6.07) is 0. The average Bonchev–Trinajstić information content (AvgIpc) is 2.07. The molecule has 0 spiro atoms. The van der Waals surface area contributed by atoms with Gasteiger partial charge in [-0.25, -0.2) is 0 Å². The normalized spacial score (nSPS) is 14.5. The molecule has 0 radical (unpaired) electrons. The Balaban J connectivity index is 0. The second-order valence-electron chi connectivity index (χ2n) is 10.3. The fraction of sp³-hybridized carbons (Fsp3) is 1.00. The van der Waals surface area contributed by atoms with Gasteiger partial charge in [0, 0.05) is 16.5 Å². The minimum atomic E-state index is 0. The molecule has 0 saturated carbocycles. The molecule has 0 nitrogen and oxygen atoms in total. The van der Waals surface area contributed by atoms with Crippen LogP contribution in [0.2, 0.25) is 0 Å². The van der Waals surface area contributed by atoms with Crippen LogP contribution in [0.1, 0.15) is 89.5 Å². The summed E-state index contributed by atoms with van der Waals surface area (Å²) in [5.41, 5.74) is 0. The quantitative estimate of drug-likeness (QED) is 0.343. The van der Waals surface area contributed by atoms with E-state index < -0.39 is 0 Å². The molecule has 0 aromatic carbocycles. The van der Waals surface area contributed by atoms with Gasteiger partial charge in [0.25, 0.3) is 0 Å². The maximum Gasteiger partial charge on any atom is 0 e. The molecule has 0 atom stereocenters. The van der Waals surface area contributed by atoms with Crippen molar-refractivity contribution < 1.29 is 16.5 Å². The van der Waals surface area contributed by atoms with Crippen LogP contribution in [0.15, 0.2) is 0 Å². The second-order valence-corrected chi connectivity index (χ2v) is 18.3. The SMILES string of the molecule is CC(C)(C)P(CCCP(C(C)(C)C)C(C)(C)C)C(C)(C)C.[Ni]. The molecule has 0 N–H and O–H groups in total. The van der Waals surface area contributed by atoms with Crippen LogP contribution in [0.4, 0.5) is 0 Å². The van der Waals surface area contributed by atoms with Crippen molar-refractivity contribution in [3.05, 3.63) is 0 Å². The molecule has 3 heteroatoms. The molecule has 0 amide bonds. The van der Waals surface area contributed by atoms with Gasteiger partial charge in [-0.3, -0.25) is 0 Å². The van der Waals surface area contributed by atoms with E-state index in [1.165, 1.54) is 18.7 Å². The van der Waals surface area contributed by atoms with E-state index in [0.717, 1.165) is 0 Å². The molecule has 0 aromatic heterocycles. The Morgan fingerprint density at radius 3 is 0.773 bits per heavy atom. The second kappa shape index (κ2) is 8.64. The summed E-state index contributed by atoms with van der Waals surface area (Å²) in [5.74, 6) is 0. The first-order valence-electron chi connectivity index (χ1n) is 8.53. The molecule has 0 aliphatic heterocycles. The van der Waals surface area contributed by atoms with Gasteiger partial charge in [-0.15, -0.1) is 0 Å². The summed E-state index contributed by atoms with van der Waals surface area (Å²) in [4.78, 5) is 0. The zero-order valence-electron chi connectivity index (χ0n) is 17.3. The maximum absolute atomic E-state index is 2.44. The van der Waals surface area contributed by atoms with E-state index in [-0.39, 0.29) is 32.3 Å². The number of hydrogen-bond donors (Lipinski definition) is 0. The van der Waals surface area contributed by atoms with Crippen LogP contribution in [-0.2, 0) is 16.5 Å². The molecule has 0 rings (SSSR count). The zero-order valence-corrected chi connectivity index (χ0v) is 20.1. The van der Waals surface area contributed by atoms with Crippen LogP contribution >= 0.6 is 15.8 Å². The van der Waals surface area contributed by atoms with Crippen molar-refractivity contribution in [3.63, 3.8) is 0 Å². The number of rotatable bonds is 4. The molecule has 0 aromatic rings. The summed E-state index contributed by atoms with van der Waals surface area (Å²) < 4.78 is 0. The molecule has 22 heavy (non-hydrogen) atoms. The van der Waals surface area contributed by atoms with Gasteiger partial charge in [-0.2, -0.15) is 0 Å². The van der Waals surface area contributed by atoms with E-state index in [4.69, 9.17) is 0 Å². The van der Waals surface area contributed by atoms with Crippen molar-refractivity contribution in [3.8, 4) is 0 Å². The first-order chi connectivity index (χ1) is 8.97. The number of hydrogen-bond acceptors (Lipinski definition) is 0. The summed E-state index contributed by atoms with van der Waals surface area (Å²) in [5, 5.41) is 1.89. The van der Waals surface area contributed by atoms with Gasteiger partial charge in [0.1, 0.15) is 0 Å².